The standard InChI is InChI=1S/C15H19N3OS.C2H6/c1-4-20-14(16-2)10-9-13-15(19-3)18-12-8-6-5-7-11(12)17-13;1-2/h4-5,7H,1,6,8-10H2,2-3H3;1-2H3. The van der Waals surface area contributed by atoms with Crippen LogP contribution in [0.1, 0.15) is 43.8 Å². The molecule has 5 heteroatoms. The van der Waals surface area contributed by atoms with E-state index in [1.165, 1.54) is 0 Å². The zero-order valence-electron chi connectivity index (χ0n) is 13.9. The topological polar surface area (TPSA) is 47.4 Å². The Kier molecular flexibility index (Phi) is 8.51. The summed E-state index contributed by atoms with van der Waals surface area (Å²) in [6, 6.07) is 0. The number of hydrogen-bond donors (Lipinski definition) is 0. The summed E-state index contributed by atoms with van der Waals surface area (Å²) in [5.41, 5.74) is 2.89. The highest BCUT2D eigenvalue weighted by Gasteiger charge is 2.15. The zero-order chi connectivity index (χ0) is 16.4. The first-order valence-corrected chi connectivity index (χ1v) is 8.50. The monoisotopic (exact) mass is 319 g/mol. The third-order valence-electron chi connectivity index (χ3n) is 3.10. The maximum Gasteiger partial charge on any atom is 0.235 e. The SMILES string of the molecule is C=CSC(CCc1nc2c(nc1OC)CCC=C2)=NC.CC. The molecular formula is C17H25N3OS. The highest BCUT2D eigenvalue weighted by molar-refractivity contribution is 8.16. The summed E-state index contributed by atoms with van der Waals surface area (Å²) in [5, 5.41) is 2.83. The molecule has 0 radical (unpaired) electrons. The Labute approximate surface area is 137 Å². The quantitative estimate of drug-likeness (QED) is 0.599. The molecule has 1 aliphatic carbocycles. The van der Waals surface area contributed by atoms with Gasteiger partial charge in [0.2, 0.25) is 5.88 Å². The van der Waals surface area contributed by atoms with Gasteiger partial charge in [-0.05, 0) is 24.3 Å². The summed E-state index contributed by atoms with van der Waals surface area (Å²) in [4.78, 5) is 13.5. The number of allylic oxidation sites excluding steroid dienone is 1. The van der Waals surface area contributed by atoms with E-state index in [1.54, 1.807) is 31.3 Å². The lowest BCUT2D eigenvalue weighted by atomic mass is 10.1. The van der Waals surface area contributed by atoms with E-state index < -0.39 is 0 Å². The summed E-state index contributed by atoms with van der Waals surface area (Å²) in [7, 11) is 3.44. The predicted octanol–water partition coefficient (Wildman–Crippen LogP) is 4.31. The lowest BCUT2D eigenvalue weighted by Crippen LogP contribution is -2.08. The summed E-state index contributed by atoms with van der Waals surface area (Å²) >= 11 is 1.55. The van der Waals surface area contributed by atoms with E-state index in [-0.39, 0.29) is 0 Å². The van der Waals surface area contributed by atoms with Crippen LogP contribution in [-0.4, -0.2) is 29.2 Å². The van der Waals surface area contributed by atoms with Crippen LogP contribution in [0, 0.1) is 0 Å². The van der Waals surface area contributed by atoms with Crippen LogP contribution in [0.25, 0.3) is 6.08 Å². The minimum Gasteiger partial charge on any atom is -0.480 e. The van der Waals surface area contributed by atoms with Gasteiger partial charge in [0.1, 0.15) is 5.69 Å². The first kappa shape index (κ1) is 18.4. The largest absolute Gasteiger partial charge is 0.480 e. The molecule has 0 saturated carbocycles. The fourth-order valence-corrected chi connectivity index (χ4v) is 2.62. The van der Waals surface area contributed by atoms with Crippen molar-refractivity contribution >= 4 is 22.9 Å². The number of rotatable bonds is 5. The minimum absolute atomic E-state index is 0.637. The average molecular weight is 319 g/mol. The van der Waals surface area contributed by atoms with Crippen molar-refractivity contribution in [1.82, 2.24) is 9.97 Å². The molecule has 2 rings (SSSR count). The first-order valence-electron chi connectivity index (χ1n) is 7.62. The fraction of sp³-hybridized carbons (Fsp3) is 0.471. The number of aromatic nitrogens is 2. The van der Waals surface area contributed by atoms with Crippen molar-refractivity contribution in [2.24, 2.45) is 4.99 Å². The van der Waals surface area contributed by atoms with Gasteiger partial charge in [-0.25, -0.2) is 9.97 Å². The molecule has 0 aromatic carbocycles. The summed E-state index contributed by atoms with van der Waals surface area (Å²) in [6.07, 6.45) is 7.73. The molecule has 0 spiro atoms. The van der Waals surface area contributed by atoms with E-state index in [9.17, 15) is 0 Å². The number of methoxy groups -OCH3 is 1. The minimum atomic E-state index is 0.637. The van der Waals surface area contributed by atoms with E-state index in [4.69, 9.17) is 4.74 Å². The van der Waals surface area contributed by atoms with E-state index in [0.717, 1.165) is 47.8 Å². The van der Waals surface area contributed by atoms with Crippen molar-refractivity contribution in [3.8, 4) is 5.88 Å². The predicted molar refractivity (Wildman–Crippen MR) is 96.8 cm³/mol. The van der Waals surface area contributed by atoms with E-state index in [0.29, 0.717) is 5.88 Å². The number of hydrogen-bond acceptors (Lipinski definition) is 5. The van der Waals surface area contributed by atoms with Crippen molar-refractivity contribution in [3.63, 3.8) is 0 Å². The van der Waals surface area contributed by atoms with E-state index in [1.807, 2.05) is 19.9 Å². The molecule has 0 amide bonds. The van der Waals surface area contributed by atoms with Gasteiger partial charge in [0.05, 0.1) is 23.5 Å². The van der Waals surface area contributed by atoms with Crippen molar-refractivity contribution in [1.29, 1.82) is 0 Å². The molecule has 0 aliphatic heterocycles. The maximum absolute atomic E-state index is 5.37. The molecular weight excluding hydrogens is 294 g/mol. The normalized spacial score (nSPS) is 13.0. The number of thioether (sulfide) groups is 1. The smallest absolute Gasteiger partial charge is 0.235 e. The molecule has 0 fully saturated rings. The van der Waals surface area contributed by atoms with Gasteiger partial charge in [-0.3, -0.25) is 4.99 Å². The van der Waals surface area contributed by atoms with Gasteiger partial charge >= 0.3 is 0 Å². The molecule has 1 aliphatic rings. The summed E-state index contributed by atoms with van der Waals surface area (Å²) in [6.45, 7) is 7.72. The van der Waals surface area contributed by atoms with Crippen LogP contribution in [0.5, 0.6) is 5.88 Å². The molecule has 0 saturated heterocycles. The Morgan fingerprint density at radius 3 is 2.86 bits per heavy atom. The third-order valence-corrected chi connectivity index (χ3v) is 3.92. The second-order valence-corrected chi connectivity index (χ2v) is 5.39. The van der Waals surface area contributed by atoms with Crippen molar-refractivity contribution in [3.05, 3.63) is 35.1 Å². The number of ether oxygens (including phenoxy) is 1. The van der Waals surface area contributed by atoms with Gasteiger partial charge in [-0.2, -0.15) is 0 Å². The summed E-state index contributed by atoms with van der Waals surface area (Å²) < 4.78 is 5.37. The molecule has 0 N–H and O–H groups in total. The molecule has 1 aromatic heterocycles. The molecule has 0 unspecified atom stereocenters. The van der Waals surface area contributed by atoms with Gasteiger partial charge in [0, 0.05) is 19.9 Å². The number of aliphatic imine (C=N–C) groups is 1. The molecule has 0 atom stereocenters. The average Bonchev–Trinajstić information content (AvgIpc) is 2.59. The summed E-state index contributed by atoms with van der Waals surface area (Å²) in [5.74, 6) is 0.637. The van der Waals surface area contributed by atoms with Crippen molar-refractivity contribution in [2.75, 3.05) is 14.2 Å². The Hall–Kier alpha value is -1.62. The molecule has 120 valence electrons. The molecule has 4 nitrogen and oxygen atoms in total. The van der Waals surface area contributed by atoms with Crippen LogP contribution >= 0.6 is 11.8 Å². The van der Waals surface area contributed by atoms with Crippen LogP contribution in [-0.2, 0) is 12.8 Å². The molecule has 0 bridgehead atoms. The van der Waals surface area contributed by atoms with Crippen LogP contribution in [0.15, 0.2) is 23.1 Å². The number of aryl methyl sites for hydroxylation is 2. The van der Waals surface area contributed by atoms with E-state index in [2.05, 4.69) is 27.6 Å². The van der Waals surface area contributed by atoms with Crippen LogP contribution in [0.2, 0.25) is 0 Å². The second-order valence-electron chi connectivity index (χ2n) is 4.35. The lowest BCUT2D eigenvalue weighted by Gasteiger charge is -2.13. The Bertz CT molecular complexity index is 553. The second kappa shape index (κ2) is 10.2. The molecule has 1 aromatic rings. The molecule has 1 heterocycles. The first-order chi connectivity index (χ1) is 10.8. The maximum atomic E-state index is 5.37. The van der Waals surface area contributed by atoms with Gasteiger partial charge in [-0.15, -0.1) is 0 Å². The fourth-order valence-electron chi connectivity index (χ4n) is 2.11. The van der Waals surface area contributed by atoms with Crippen LogP contribution in [0.4, 0.5) is 0 Å². The highest BCUT2D eigenvalue weighted by atomic mass is 32.2. The van der Waals surface area contributed by atoms with Gasteiger partial charge in [-0.1, -0.05) is 38.3 Å². The highest BCUT2D eigenvalue weighted by Crippen LogP contribution is 2.23. The van der Waals surface area contributed by atoms with Gasteiger partial charge < -0.3 is 4.74 Å². The molecule has 22 heavy (non-hydrogen) atoms. The Morgan fingerprint density at radius 1 is 1.45 bits per heavy atom. The van der Waals surface area contributed by atoms with Gasteiger partial charge in [0.25, 0.3) is 0 Å². The van der Waals surface area contributed by atoms with Crippen LogP contribution in [0.3, 0.4) is 0 Å². The van der Waals surface area contributed by atoms with Crippen LogP contribution < -0.4 is 4.74 Å². The Balaban J connectivity index is 0.00000116. The lowest BCUT2D eigenvalue weighted by molar-refractivity contribution is 0.387. The Morgan fingerprint density at radius 2 is 2.23 bits per heavy atom. The van der Waals surface area contributed by atoms with E-state index >= 15 is 0 Å². The number of fused-ring (bicyclic) bond motifs is 1. The third kappa shape index (κ3) is 4.98. The number of nitrogens with zero attached hydrogens (tertiary/aromatic N) is 3. The zero-order valence-corrected chi connectivity index (χ0v) is 14.7. The van der Waals surface area contributed by atoms with Crippen molar-refractivity contribution < 1.29 is 4.74 Å². The van der Waals surface area contributed by atoms with Crippen molar-refractivity contribution in [2.45, 2.75) is 39.5 Å². The van der Waals surface area contributed by atoms with Gasteiger partial charge in [0.15, 0.2) is 0 Å².